The Balaban J connectivity index is 1.24. The van der Waals surface area contributed by atoms with Gasteiger partial charge in [0.2, 0.25) is 5.91 Å². The molecule has 4 rings (SSSR count). The lowest BCUT2D eigenvalue weighted by Crippen LogP contribution is -2.36. The maximum atomic E-state index is 13.1. The molecular weight excluding hydrogens is 397 g/mol. The van der Waals surface area contributed by atoms with Crippen molar-refractivity contribution in [2.24, 2.45) is 0 Å². The molecule has 0 N–H and O–H groups in total. The summed E-state index contributed by atoms with van der Waals surface area (Å²) in [6, 6.07) is 13.3. The van der Waals surface area contributed by atoms with Gasteiger partial charge in [-0.1, -0.05) is 24.3 Å². The zero-order chi connectivity index (χ0) is 21.8. The van der Waals surface area contributed by atoms with Gasteiger partial charge >= 0.3 is 0 Å². The van der Waals surface area contributed by atoms with Gasteiger partial charge in [-0.15, -0.1) is 0 Å². The van der Waals surface area contributed by atoms with Gasteiger partial charge in [-0.05, 0) is 42.7 Å². The maximum Gasteiger partial charge on any atom is 0.261 e. The van der Waals surface area contributed by atoms with E-state index in [0.717, 1.165) is 31.6 Å². The van der Waals surface area contributed by atoms with E-state index in [1.165, 1.54) is 17.0 Å². The minimum Gasteiger partial charge on any atom is -0.341 e. The van der Waals surface area contributed by atoms with E-state index in [1.807, 2.05) is 4.90 Å². The maximum absolute atomic E-state index is 13.1. The van der Waals surface area contributed by atoms with Crippen molar-refractivity contribution >= 4 is 17.7 Å². The Morgan fingerprint density at radius 2 is 1.55 bits per heavy atom. The van der Waals surface area contributed by atoms with Crippen molar-refractivity contribution in [1.29, 1.82) is 0 Å². The van der Waals surface area contributed by atoms with Gasteiger partial charge in [0, 0.05) is 45.7 Å². The van der Waals surface area contributed by atoms with E-state index in [9.17, 15) is 18.8 Å². The number of carbonyl (C=O) groups excluding carboxylic acids is 3. The number of nitrogens with zero attached hydrogens (tertiary/aromatic N) is 3. The van der Waals surface area contributed by atoms with Crippen LogP contribution in [-0.4, -0.2) is 65.1 Å². The molecule has 0 aromatic heterocycles. The van der Waals surface area contributed by atoms with Gasteiger partial charge in [0.25, 0.3) is 11.8 Å². The van der Waals surface area contributed by atoms with Crippen molar-refractivity contribution in [3.05, 3.63) is 71.0 Å². The van der Waals surface area contributed by atoms with E-state index in [1.54, 1.807) is 36.4 Å². The van der Waals surface area contributed by atoms with Crippen molar-refractivity contribution in [3.8, 4) is 0 Å². The van der Waals surface area contributed by atoms with Crippen LogP contribution in [0.25, 0.3) is 0 Å². The fourth-order valence-corrected chi connectivity index (χ4v) is 4.22. The molecule has 2 aromatic carbocycles. The molecule has 0 saturated carbocycles. The van der Waals surface area contributed by atoms with Crippen LogP contribution in [0.3, 0.4) is 0 Å². The fraction of sp³-hybridized carbons (Fsp3) is 0.375. The van der Waals surface area contributed by atoms with Crippen LogP contribution >= 0.6 is 0 Å². The van der Waals surface area contributed by atoms with Gasteiger partial charge in [-0.3, -0.25) is 24.2 Å². The van der Waals surface area contributed by atoms with Crippen LogP contribution in [0.1, 0.15) is 45.5 Å². The third kappa shape index (κ3) is 4.82. The SMILES string of the molecule is O=C(CCCN1C(=O)c2ccccc2C1=O)N1CCCN(Cc2ccc(F)cc2)CC1. The minimum absolute atomic E-state index is 0.0558. The second-order valence-corrected chi connectivity index (χ2v) is 8.05. The van der Waals surface area contributed by atoms with Gasteiger partial charge in [0.05, 0.1) is 11.1 Å². The Labute approximate surface area is 181 Å². The van der Waals surface area contributed by atoms with Crippen LogP contribution in [-0.2, 0) is 11.3 Å². The quantitative estimate of drug-likeness (QED) is 0.671. The summed E-state index contributed by atoms with van der Waals surface area (Å²) in [5.41, 5.74) is 1.93. The summed E-state index contributed by atoms with van der Waals surface area (Å²) < 4.78 is 13.1. The fourth-order valence-electron chi connectivity index (χ4n) is 4.22. The molecule has 6 nitrogen and oxygen atoms in total. The normalized spacial score (nSPS) is 17.1. The number of imide groups is 1. The lowest BCUT2D eigenvalue weighted by molar-refractivity contribution is -0.131. The van der Waals surface area contributed by atoms with Crippen LogP contribution in [0.2, 0.25) is 0 Å². The van der Waals surface area contributed by atoms with Gasteiger partial charge in [0.1, 0.15) is 5.82 Å². The average Bonchev–Trinajstić information content (AvgIpc) is 2.92. The summed E-state index contributed by atoms with van der Waals surface area (Å²) in [4.78, 5) is 42.9. The van der Waals surface area contributed by atoms with Crippen molar-refractivity contribution < 1.29 is 18.8 Å². The molecule has 0 unspecified atom stereocenters. The molecule has 1 saturated heterocycles. The summed E-state index contributed by atoms with van der Waals surface area (Å²) in [6.07, 6.45) is 1.65. The zero-order valence-corrected chi connectivity index (χ0v) is 17.4. The standard InChI is InChI=1S/C24H26FN3O3/c25-19-10-8-18(9-11-19)17-26-12-4-13-27(16-15-26)22(29)7-3-14-28-23(30)20-5-1-2-6-21(20)24(28)31/h1-2,5-6,8-11H,3-4,7,12-17H2. The number of fused-ring (bicyclic) bond motifs is 1. The van der Waals surface area contributed by atoms with Crippen LogP contribution in [0, 0.1) is 5.82 Å². The summed E-state index contributed by atoms with van der Waals surface area (Å²) in [7, 11) is 0. The second kappa shape index (κ2) is 9.39. The first-order valence-corrected chi connectivity index (χ1v) is 10.7. The predicted molar refractivity (Wildman–Crippen MR) is 114 cm³/mol. The van der Waals surface area contributed by atoms with E-state index >= 15 is 0 Å². The Bertz CT molecular complexity index is 941. The summed E-state index contributed by atoms with van der Waals surface area (Å²) in [5, 5.41) is 0. The number of hydrogen-bond donors (Lipinski definition) is 0. The lowest BCUT2D eigenvalue weighted by Gasteiger charge is -2.22. The first-order valence-electron chi connectivity index (χ1n) is 10.7. The summed E-state index contributed by atoms with van der Waals surface area (Å²) in [6.45, 7) is 3.99. The third-order valence-electron chi connectivity index (χ3n) is 5.91. The number of hydrogen-bond acceptors (Lipinski definition) is 4. The first kappa shape index (κ1) is 21.2. The number of amides is 3. The molecule has 7 heteroatoms. The summed E-state index contributed by atoms with van der Waals surface area (Å²) >= 11 is 0. The Hall–Kier alpha value is -3.06. The molecule has 0 radical (unpaired) electrons. The second-order valence-electron chi connectivity index (χ2n) is 8.05. The van der Waals surface area contributed by atoms with Crippen LogP contribution in [0.4, 0.5) is 4.39 Å². The van der Waals surface area contributed by atoms with Crippen LogP contribution in [0.15, 0.2) is 48.5 Å². The molecule has 2 heterocycles. The molecule has 2 aromatic rings. The molecule has 2 aliphatic heterocycles. The predicted octanol–water partition coefficient (Wildman–Crippen LogP) is 2.94. The number of benzene rings is 2. The topological polar surface area (TPSA) is 60.9 Å². The Morgan fingerprint density at radius 3 is 2.23 bits per heavy atom. The number of carbonyl (C=O) groups is 3. The highest BCUT2D eigenvalue weighted by Gasteiger charge is 2.34. The lowest BCUT2D eigenvalue weighted by atomic mass is 10.1. The van der Waals surface area contributed by atoms with Gasteiger partial charge < -0.3 is 4.90 Å². The van der Waals surface area contributed by atoms with Gasteiger partial charge in [-0.2, -0.15) is 0 Å². The third-order valence-corrected chi connectivity index (χ3v) is 5.91. The van der Waals surface area contributed by atoms with Crippen molar-refractivity contribution in [1.82, 2.24) is 14.7 Å². The Kier molecular flexibility index (Phi) is 6.42. The minimum atomic E-state index is -0.278. The van der Waals surface area contributed by atoms with E-state index in [-0.39, 0.29) is 30.1 Å². The van der Waals surface area contributed by atoms with Gasteiger partial charge in [-0.25, -0.2) is 4.39 Å². The number of halogens is 1. The molecule has 2 aliphatic rings. The molecule has 0 atom stereocenters. The molecule has 0 aliphatic carbocycles. The largest absolute Gasteiger partial charge is 0.341 e. The molecule has 0 bridgehead atoms. The van der Waals surface area contributed by atoms with E-state index in [2.05, 4.69) is 4.90 Å². The van der Waals surface area contributed by atoms with Crippen molar-refractivity contribution in [3.63, 3.8) is 0 Å². The molecule has 162 valence electrons. The van der Waals surface area contributed by atoms with Crippen molar-refractivity contribution in [2.75, 3.05) is 32.7 Å². The van der Waals surface area contributed by atoms with Crippen LogP contribution < -0.4 is 0 Å². The van der Waals surface area contributed by atoms with Gasteiger partial charge in [0.15, 0.2) is 0 Å². The van der Waals surface area contributed by atoms with E-state index in [0.29, 0.717) is 37.1 Å². The molecular formula is C24H26FN3O3. The highest BCUT2D eigenvalue weighted by Crippen LogP contribution is 2.22. The smallest absolute Gasteiger partial charge is 0.261 e. The zero-order valence-electron chi connectivity index (χ0n) is 17.4. The van der Waals surface area contributed by atoms with E-state index < -0.39 is 0 Å². The highest BCUT2D eigenvalue weighted by atomic mass is 19.1. The molecule has 1 fully saturated rings. The summed E-state index contributed by atoms with van der Waals surface area (Å²) in [5.74, 6) is -0.739. The monoisotopic (exact) mass is 423 g/mol. The Morgan fingerprint density at radius 1 is 0.871 bits per heavy atom. The number of rotatable bonds is 6. The molecule has 31 heavy (non-hydrogen) atoms. The van der Waals surface area contributed by atoms with E-state index in [4.69, 9.17) is 0 Å². The first-order chi connectivity index (χ1) is 15.0. The highest BCUT2D eigenvalue weighted by molar-refractivity contribution is 6.21. The van der Waals surface area contributed by atoms with Crippen LogP contribution in [0.5, 0.6) is 0 Å². The van der Waals surface area contributed by atoms with Crippen molar-refractivity contribution in [2.45, 2.75) is 25.8 Å². The average molecular weight is 423 g/mol. The molecule has 0 spiro atoms. The molecule has 3 amide bonds.